The molecule has 174 valence electrons. The lowest BCUT2D eigenvalue weighted by Gasteiger charge is -2.23. The Balaban J connectivity index is 1.66. The summed E-state index contributed by atoms with van der Waals surface area (Å²) in [5.74, 6) is 0.236. The molecule has 6 nitrogen and oxygen atoms in total. The maximum Gasteiger partial charge on any atom is 0.241 e. The number of sulfonamides is 1. The van der Waals surface area contributed by atoms with Crippen LogP contribution in [0.1, 0.15) is 35.2 Å². The third-order valence-electron chi connectivity index (χ3n) is 5.47. The maximum atomic E-state index is 12.7. The van der Waals surface area contributed by atoms with E-state index >= 15 is 0 Å². The third-order valence-corrected chi connectivity index (χ3v) is 6.61. The first-order chi connectivity index (χ1) is 15.6. The minimum Gasteiger partial charge on any atom is -0.489 e. The number of carbonyl (C=O) groups excluding carboxylic acids is 1. The van der Waals surface area contributed by atoms with E-state index in [1.54, 1.807) is 24.3 Å². The number of amides is 1. The number of anilines is 1. The van der Waals surface area contributed by atoms with Gasteiger partial charge in [-0.2, -0.15) is 0 Å². The second-order valence-corrected chi connectivity index (χ2v) is 10.1. The van der Waals surface area contributed by atoms with Crippen molar-refractivity contribution < 1.29 is 17.9 Å². The summed E-state index contributed by atoms with van der Waals surface area (Å²) in [5.41, 5.74) is 4.72. The number of hydrogen-bond donors (Lipinski definition) is 1. The Kier molecular flexibility index (Phi) is 7.76. The molecule has 0 saturated heterocycles. The number of carbonyl (C=O) groups is 1. The molecule has 0 saturated carbocycles. The Bertz CT molecular complexity index is 1190. The summed E-state index contributed by atoms with van der Waals surface area (Å²) in [6.45, 7) is 6.04. The number of nitrogens with one attached hydrogen (secondary N) is 1. The first-order valence-electron chi connectivity index (χ1n) is 10.7. The van der Waals surface area contributed by atoms with E-state index in [-0.39, 0.29) is 18.5 Å². The van der Waals surface area contributed by atoms with Crippen molar-refractivity contribution >= 4 is 21.6 Å². The van der Waals surface area contributed by atoms with Crippen molar-refractivity contribution in [1.82, 2.24) is 5.32 Å². The van der Waals surface area contributed by atoms with E-state index in [2.05, 4.69) is 5.32 Å². The van der Waals surface area contributed by atoms with Gasteiger partial charge in [-0.1, -0.05) is 48.5 Å². The molecule has 0 heterocycles. The molecule has 1 amide bonds. The monoisotopic (exact) mass is 466 g/mol. The van der Waals surface area contributed by atoms with Gasteiger partial charge in [-0.15, -0.1) is 0 Å². The lowest BCUT2D eigenvalue weighted by molar-refractivity contribution is -0.120. The molecule has 1 unspecified atom stereocenters. The number of nitrogens with zero attached hydrogens (tertiary/aromatic N) is 1. The third kappa shape index (κ3) is 6.83. The fourth-order valence-electron chi connectivity index (χ4n) is 3.38. The van der Waals surface area contributed by atoms with Gasteiger partial charge in [0.1, 0.15) is 18.9 Å². The summed E-state index contributed by atoms with van der Waals surface area (Å²) < 4.78 is 31.7. The van der Waals surface area contributed by atoms with Crippen LogP contribution in [0.25, 0.3) is 0 Å². The van der Waals surface area contributed by atoms with Crippen LogP contribution in [0.2, 0.25) is 0 Å². The molecule has 0 radical (unpaired) electrons. The van der Waals surface area contributed by atoms with Crippen LogP contribution < -0.4 is 14.4 Å². The lowest BCUT2D eigenvalue weighted by Crippen LogP contribution is -2.41. The van der Waals surface area contributed by atoms with Crippen LogP contribution in [0, 0.1) is 13.8 Å². The van der Waals surface area contributed by atoms with Crippen LogP contribution in [0.3, 0.4) is 0 Å². The molecule has 3 aromatic rings. The summed E-state index contributed by atoms with van der Waals surface area (Å²) in [4.78, 5) is 12.7. The van der Waals surface area contributed by atoms with Crippen LogP contribution in [0.15, 0.2) is 72.8 Å². The van der Waals surface area contributed by atoms with Crippen molar-refractivity contribution in [3.8, 4) is 5.75 Å². The second-order valence-electron chi connectivity index (χ2n) is 8.17. The molecule has 0 bridgehead atoms. The molecule has 0 fully saturated rings. The van der Waals surface area contributed by atoms with E-state index in [1.807, 2.05) is 69.3 Å². The van der Waals surface area contributed by atoms with Crippen LogP contribution in [0.4, 0.5) is 5.69 Å². The zero-order chi connectivity index (χ0) is 24.0. The molecule has 0 aromatic heterocycles. The Morgan fingerprint density at radius 1 is 0.970 bits per heavy atom. The molecular weight excluding hydrogens is 436 g/mol. The summed E-state index contributed by atoms with van der Waals surface area (Å²) >= 11 is 0. The first-order valence-corrected chi connectivity index (χ1v) is 12.6. The van der Waals surface area contributed by atoms with E-state index in [9.17, 15) is 13.2 Å². The number of rotatable bonds is 9. The van der Waals surface area contributed by atoms with E-state index in [0.717, 1.165) is 27.3 Å². The fourth-order valence-corrected chi connectivity index (χ4v) is 4.24. The highest BCUT2D eigenvalue weighted by atomic mass is 32.2. The average Bonchev–Trinajstić information content (AvgIpc) is 2.78. The molecule has 0 spiro atoms. The highest BCUT2D eigenvalue weighted by Crippen LogP contribution is 2.23. The summed E-state index contributed by atoms with van der Waals surface area (Å²) in [6.07, 6.45) is 1.09. The van der Waals surface area contributed by atoms with Crippen LogP contribution in [0.5, 0.6) is 5.75 Å². The summed E-state index contributed by atoms with van der Waals surface area (Å²) in [6, 6.07) is 22.2. The summed E-state index contributed by atoms with van der Waals surface area (Å²) in [5, 5.41) is 2.90. The zero-order valence-electron chi connectivity index (χ0n) is 19.4. The second kappa shape index (κ2) is 10.5. The van der Waals surface area contributed by atoms with Crippen molar-refractivity contribution in [3.63, 3.8) is 0 Å². The Morgan fingerprint density at radius 3 is 2.24 bits per heavy atom. The Morgan fingerprint density at radius 2 is 1.64 bits per heavy atom. The number of benzene rings is 3. The molecular formula is C26H30N2O4S. The van der Waals surface area contributed by atoms with Crippen molar-refractivity contribution in [3.05, 3.63) is 95.1 Å². The van der Waals surface area contributed by atoms with Gasteiger partial charge in [0.25, 0.3) is 0 Å². The molecule has 1 atom stereocenters. The highest BCUT2D eigenvalue weighted by molar-refractivity contribution is 7.92. The number of aryl methyl sites for hydroxylation is 2. The summed E-state index contributed by atoms with van der Waals surface area (Å²) in [7, 11) is -3.66. The largest absolute Gasteiger partial charge is 0.489 e. The van der Waals surface area contributed by atoms with Crippen molar-refractivity contribution in [2.75, 3.05) is 17.1 Å². The standard InChI is InChI=1S/C26H30N2O4S/c1-19-10-11-23(16-20(19)2)21(3)27-26(29)17-28(33(4,30)31)24-12-14-25(15-13-24)32-18-22-8-6-5-7-9-22/h5-16,21H,17-18H2,1-4H3,(H,27,29). The minimum absolute atomic E-state index is 0.244. The van der Waals surface area contributed by atoms with Crippen molar-refractivity contribution in [2.24, 2.45) is 0 Å². The molecule has 0 aliphatic carbocycles. The van der Waals surface area contributed by atoms with E-state index in [4.69, 9.17) is 4.74 Å². The van der Waals surface area contributed by atoms with E-state index in [1.165, 1.54) is 5.56 Å². The highest BCUT2D eigenvalue weighted by Gasteiger charge is 2.22. The van der Waals surface area contributed by atoms with Crippen molar-refractivity contribution in [1.29, 1.82) is 0 Å². The van der Waals surface area contributed by atoms with Gasteiger partial charge in [-0.25, -0.2) is 8.42 Å². The van der Waals surface area contributed by atoms with Gasteiger partial charge in [0.2, 0.25) is 15.9 Å². The smallest absolute Gasteiger partial charge is 0.241 e. The van der Waals surface area contributed by atoms with Crippen LogP contribution in [-0.4, -0.2) is 27.1 Å². The van der Waals surface area contributed by atoms with Gasteiger partial charge in [0.15, 0.2) is 0 Å². The van der Waals surface area contributed by atoms with Crippen LogP contribution in [-0.2, 0) is 21.4 Å². The van der Waals surface area contributed by atoms with E-state index in [0.29, 0.717) is 18.0 Å². The Labute approximate surface area is 196 Å². The zero-order valence-corrected chi connectivity index (χ0v) is 20.2. The Hall–Kier alpha value is -3.32. The topological polar surface area (TPSA) is 75.7 Å². The van der Waals surface area contributed by atoms with Gasteiger partial charge in [-0.3, -0.25) is 9.10 Å². The molecule has 3 aromatic carbocycles. The van der Waals surface area contributed by atoms with Gasteiger partial charge < -0.3 is 10.1 Å². The van der Waals surface area contributed by atoms with Gasteiger partial charge >= 0.3 is 0 Å². The van der Waals surface area contributed by atoms with Crippen LogP contribution >= 0.6 is 0 Å². The number of hydrogen-bond acceptors (Lipinski definition) is 4. The average molecular weight is 467 g/mol. The molecule has 0 aliphatic rings. The van der Waals surface area contributed by atoms with Gasteiger partial charge in [0.05, 0.1) is 18.0 Å². The molecule has 7 heteroatoms. The van der Waals surface area contributed by atoms with Crippen molar-refractivity contribution in [2.45, 2.75) is 33.4 Å². The van der Waals surface area contributed by atoms with Gasteiger partial charge in [0, 0.05) is 0 Å². The lowest BCUT2D eigenvalue weighted by atomic mass is 10.0. The van der Waals surface area contributed by atoms with Gasteiger partial charge in [-0.05, 0) is 67.3 Å². The SMILES string of the molecule is Cc1ccc(C(C)NC(=O)CN(c2ccc(OCc3ccccc3)cc2)S(C)(=O)=O)cc1C. The maximum absolute atomic E-state index is 12.7. The molecule has 3 rings (SSSR count). The molecule has 1 N–H and O–H groups in total. The normalized spacial score (nSPS) is 12.1. The minimum atomic E-state index is -3.66. The predicted molar refractivity (Wildman–Crippen MR) is 132 cm³/mol. The first kappa shape index (κ1) is 24.3. The quantitative estimate of drug-likeness (QED) is 0.503. The predicted octanol–water partition coefficient (Wildman–Crippen LogP) is 4.53. The number of ether oxygens (including phenoxy) is 1. The fraction of sp³-hybridized carbons (Fsp3) is 0.269. The molecule has 33 heavy (non-hydrogen) atoms. The molecule has 0 aliphatic heterocycles. The van der Waals surface area contributed by atoms with E-state index < -0.39 is 10.0 Å².